The van der Waals surface area contributed by atoms with Crippen molar-refractivity contribution in [1.82, 2.24) is 19.9 Å². The number of fused-ring (bicyclic) bond motifs is 2. The SMILES string of the molecule is Cl.O=S(=O)(NCCCCN1CCc2ccccc2C1)c1cccc2nonc12. The fourth-order valence-corrected chi connectivity index (χ4v) is 4.71. The molecule has 9 heteroatoms. The first-order chi connectivity index (χ1) is 13.1. The summed E-state index contributed by atoms with van der Waals surface area (Å²) < 4.78 is 32.3. The number of unbranched alkanes of at least 4 members (excludes halogenated alkanes) is 1. The number of aromatic nitrogens is 2. The maximum atomic E-state index is 12.5. The summed E-state index contributed by atoms with van der Waals surface area (Å²) in [6.07, 6.45) is 2.81. The van der Waals surface area contributed by atoms with Crippen LogP contribution in [0.15, 0.2) is 52.0 Å². The van der Waals surface area contributed by atoms with E-state index < -0.39 is 10.0 Å². The molecule has 0 amide bonds. The van der Waals surface area contributed by atoms with E-state index in [1.54, 1.807) is 12.1 Å². The molecule has 0 saturated carbocycles. The molecule has 2 aromatic carbocycles. The zero-order valence-electron chi connectivity index (χ0n) is 15.4. The van der Waals surface area contributed by atoms with Crippen LogP contribution in [0.3, 0.4) is 0 Å². The highest BCUT2D eigenvalue weighted by molar-refractivity contribution is 7.89. The Bertz CT molecular complexity index is 1040. The van der Waals surface area contributed by atoms with Crippen molar-refractivity contribution in [1.29, 1.82) is 0 Å². The number of nitrogens with one attached hydrogen (secondary N) is 1. The zero-order valence-corrected chi connectivity index (χ0v) is 17.0. The van der Waals surface area contributed by atoms with E-state index in [0.29, 0.717) is 12.1 Å². The summed E-state index contributed by atoms with van der Waals surface area (Å²) in [5.41, 5.74) is 3.54. The summed E-state index contributed by atoms with van der Waals surface area (Å²) >= 11 is 0. The topological polar surface area (TPSA) is 88.3 Å². The van der Waals surface area contributed by atoms with Gasteiger partial charge in [0, 0.05) is 19.6 Å². The predicted molar refractivity (Wildman–Crippen MR) is 109 cm³/mol. The summed E-state index contributed by atoms with van der Waals surface area (Å²) in [4.78, 5) is 2.53. The molecule has 150 valence electrons. The van der Waals surface area contributed by atoms with Gasteiger partial charge in [0.1, 0.15) is 10.4 Å². The molecule has 3 aromatic rings. The maximum absolute atomic E-state index is 12.5. The van der Waals surface area contributed by atoms with Gasteiger partial charge in [0.2, 0.25) is 10.0 Å². The highest BCUT2D eigenvalue weighted by Crippen LogP contribution is 2.20. The van der Waals surface area contributed by atoms with Gasteiger partial charge in [-0.2, -0.15) is 0 Å². The number of nitrogens with zero attached hydrogens (tertiary/aromatic N) is 3. The highest BCUT2D eigenvalue weighted by atomic mass is 35.5. The summed E-state index contributed by atoms with van der Waals surface area (Å²) in [5.74, 6) is 0. The molecule has 0 spiro atoms. The van der Waals surface area contributed by atoms with Crippen LogP contribution in [0.2, 0.25) is 0 Å². The van der Waals surface area contributed by atoms with Crippen LogP contribution in [0.5, 0.6) is 0 Å². The van der Waals surface area contributed by atoms with Crippen molar-refractivity contribution < 1.29 is 13.0 Å². The van der Waals surface area contributed by atoms with Crippen LogP contribution in [0.25, 0.3) is 11.0 Å². The maximum Gasteiger partial charge on any atom is 0.242 e. The van der Waals surface area contributed by atoms with Gasteiger partial charge < -0.3 is 0 Å². The molecule has 0 radical (unpaired) electrons. The van der Waals surface area contributed by atoms with E-state index in [1.807, 2.05) is 0 Å². The van der Waals surface area contributed by atoms with Crippen LogP contribution in [0.4, 0.5) is 0 Å². The number of halogens is 1. The fourth-order valence-electron chi connectivity index (χ4n) is 3.49. The molecule has 1 aliphatic rings. The second kappa shape index (κ2) is 9.00. The van der Waals surface area contributed by atoms with E-state index in [1.165, 1.54) is 17.2 Å². The van der Waals surface area contributed by atoms with Crippen LogP contribution in [0, 0.1) is 0 Å². The average Bonchev–Trinajstić information content (AvgIpc) is 3.16. The molecule has 0 fully saturated rings. The van der Waals surface area contributed by atoms with Gasteiger partial charge in [-0.25, -0.2) is 17.8 Å². The molecular weight excluding hydrogens is 400 g/mol. The van der Waals surface area contributed by atoms with Gasteiger partial charge >= 0.3 is 0 Å². The quantitative estimate of drug-likeness (QED) is 0.589. The number of rotatable bonds is 7. The van der Waals surface area contributed by atoms with E-state index in [4.69, 9.17) is 0 Å². The van der Waals surface area contributed by atoms with Crippen LogP contribution >= 0.6 is 12.4 Å². The normalized spacial score (nSPS) is 14.6. The minimum absolute atomic E-state index is 0. The monoisotopic (exact) mass is 422 g/mol. The molecule has 0 saturated heterocycles. The Labute approximate surface area is 170 Å². The first kappa shape index (κ1) is 20.7. The lowest BCUT2D eigenvalue weighted by Crippen LogP contribution is -2.32. The van der Waals surface area contributed by atoms with Crippen molar-refractivity contribution in [3.05, 3.63) is 53.6 Å². The third kappa shape index (κ3) is 4.52. The number of sulfonamides is 1. The molecular formula is C19H23ClN4O3S. The lowest BCUT2D eigenvalue weighted by molar-refractivity contribution is 0.249. The largest absolute Gasteiger partial charge is 0.299 e. The molecule has 0 atom stereocenters. The van der Waals surface area contributed by atoms with E-state index in [-0.39, 0.29) is 22.8 Å². The molecule has 1 N–H and O–H groups in total. The van der Waals surface area contributed by atoms with E-state index in [9.17, 15) is 8.42 Å². The zero-order chi connectivity index (χ0) is 18.7. The highest BCUT2D eigenvalue weighted by Gasteiger charge is 2.20. The second-order valence-corrected chi connectivity index (χ2v) is 8.52. The Morgan fingerprint density at radius 3 is 2.71 bits per heavy atom. The molecule has 0 aliphatic carbocycles. The number of benzene rings is 2. The Morgan fingerprint density at radius 2 is 1.86 bits per heavy atom. The van der Waals surface area contributed by atoms with Crippen molar-refractivity contribution in [3.63, 3.8) is 0 Å². The molecule has 28 heavy (non-hydrogen) atoms. The molecule has 0 bridgehead atoms. The van der Waals surface area contributed by atoms with Crippen molar-refractivity contribution in [2.75, 3.05) is 19.6 Å². The smallest absolute Gasteiger partial charge is 0.242 e. The third-order valence-corrected chi connectivity index (χ3v) is 6.43. The summed E-state index contributed by atoms with van der Waals surface area (Å²) in [7, 11) is -3.63. The Hall–Kier alpha value is -2.00. The van der Waals surface area contributed by atoms with E-state index in [0.717, 1.165) is 38.9 Å². The van der Waals surface area contributed by atoms with Gasteiger partial charge in [-0.15, -0.1) is 12.4 Å². The van der Waals surface area contributed by atoms with Crippen molar-refractivity contribution in [2.24, 2.45) is 0 Å². The van der Waals surface area contributed by atoms with Crippen molar-refractivity contribution in [3.8, 4) is 0 Å². The molecule has 2 heterocycles. The molecule has 4 rings (SSSR count). The van der Waals surface area contributed by atoms with E-state index >= 15 is 0 Å². The first-order valence-corrected chi connectivity index (χ1v) is 10.6. The lowest BCUT2D eigenvalue weighted by atomic mass is 10.00. The van der Waals surface area contributed by atoms with Gasteiger partial charge in [0.05, 0.1) is 0 Å². The number of hydrogen-bond donors (Lipinski definition) is 1. The molecule has 1 aliphatic heterocycles. The van der Waals surface area contributed by atoms with Gasteiger partial charge in [0.15, 0.2) is 5.52 Å². The summed E-state index contributed by atoms with van der Waals surface area (Å²) in [5, 5.41) is 7.38. The molecule has 0 unspecified atom stereocenters. The first-order valence-electron chi connectivity index (χ1n) is 9.13. The average molecular weight is 423 g/mol. The van der Waals surface area contributed by atoms with Crippen molar-refractivity contribution >= 4 is 33.5 Å². The number of hydrogen-bond acceptors (Lipinski definition) is 6. The predicted octanol–water partition coefficient (Wildman–Crippen LogP) is 2.76. The Balaban J connectivity index is 0.00000225. The van der Waals surface area contributed by atoms with Gasteiger partial charge in [-0.1, -0.05) is 30.3 Å². The molecule has 7 nitrogen and oxygen atoms in total. The lowest BCUT2D eigenvalue weighted by Gasteiger charge is -2.28. The van der Waals surface area contributed by atoms with Gasteiger partial charge in [-0.3, -0.25) is 4.90 Å². The fraction of sp³-hybridized carbons (Fsp3) is 0.368. The Kier molecular flexibility index (Phi) is 6.66. The van der Waals surface area contributed by atoms with Crippen LogP contribution in [-0.2, 0) is 23.0 Å². The second-order valence-electron chi connectivity index (χ2n) is 6.79. The standard InChI is InChI=1S/C19H22N4O3S.ClH/c24-27(25,18-9-5-8-17-19(18)22-26-21-17)20-11-3-4-12-23-13-10-15-6-1-2-7-16(15)14-23;/h1-2,5-9,20H,3-4,10-14H2;1H. The summed E-state index contributed by atoms with van der Waals surface area (Å²) in [6.45, 7) is 3.40. The van der Waals surface area contributed by atoms with Gasteiger partial charge in [-0.05, 0) is 59.4 Å². The van der Waals surface area contributed by atoms with Crippen LogP contribution < -0.4 is 4.72 Å². The van der Waals surface area contributed by atoms with Crippen LogP contribution in [0.1, 0.15) is 24.0 Å². The van der Waals surface area contributed by atoms with Crippen molar-refractivity contribution in [2.45, 2.75) is 30.7 Å². The van der Waals surface area contributed by atoms with Crippen LogP contribution in [-0.4, -0.2) is 43.3 Å². The minimum Gasteiger partial charge on any atom is -0.299 e. The Morgan fingerprint density at radius 1 is 1.04 bits per heavy atom. The summed E-state index contributed by atoms with van der Waals surface area (Å²) in [6, 6.07) is 13.4. The van der Waals surface area contributed by atoms with Gasteiger partial charge in [0.25, 0.3) is 0 Å². The van der Waals surface area contributed by atoms with E-state index in [2.05, 4.69) is 48.8 Å². The minimum atomic E-state index is -3.63. The third-order valence-electron chi connectivity index (χ3n) is 4.94. The molecule has 1 aromatic heterocycles.